The Bertz CT molecular complexity index is 659. The lowest BCUT2D eigenvalue weighted by Crippen LogP contribution is -2.14. The second-order valence-electron chi connectivity index (χ2n) is 4.23. The maximum atomic E-state index is 12.1. The summed E-state index contributed by atoms with van der Waals surface area (Å²) in [6, 6.07) is 6.79. The van der Waals surface area contributed by atoms with Crippen molar-refractivity contribution >= 4 is 28.9 Å². The predicted molar refractivity (Wildman–Crippen MR) is 79.3 cm³/mol. The fourth-order valence-electron chi connectivity index (χ4n) is 1.79. The molecule has 6 heteroatoms. The number of ether oxygens (including phenoxy) is 1. The Morgan fingerprint density at radius 2 is 2.15 bits per heavy atom. The van der Waals surface area contributed by atoms with Gasteiger partial charge in [0.15, 0.2) is 0 Å². The van der Waals surface area contributed by atoms with Gasteiger partial charge in [-0.25, -0.2) is 4.98 Å². The van der Waals surface area contributed by atoms with E-state index in [0.29, 0.717) is 11.3 Å². The number of benzene rings is 1. The molecule has 2 aromatic rings. The SMILES string of the molecule is COc1ccc(NC(=O)c2cc(Cl)ncc2N)cc1C. The van der Waals surface area contributed by atoms with Crippen LogP contribution in [0.2, 0.25) is 5.15 Å². The van der Waals surface area contributed by atoms with Crippen molar-refractivity contribution < 1.29 is 9.53 Å². The number of halogens is 1. The summed E-state index contributed by atoms with van der Waals surface area (Å²) in [5, 5.41) is 2.98. The second-order valence-corrected chi connectivity index (χ2v) is 4.62. The Hall–Kier alpha value is -2.27. The Kier molecular flexibility index (Phi) is 4.10. The van der Waals surface area contributed by atoms with Crippen molar-refractivity contribution in [3.8, 4) is 5.75 Å². The summed E-state index contributed by atoms with van der Waals surface area (Å²) in [6.07, 6.45) is 1.36. The topological polar surface area (TPSA) is 77.2 Å². The van der Waals surface area contributed by atoms with Crippen molar-refractivity contribution in [2.24, 2.45) is 0 Å². The number of hydrogen-bond acceptors (Lipinski definition) is 4. The van der Waals surface area contributed by atoms with Gasteiger partial charge in [0, 0.05) is 5.69 Å². The summed E-state index contributed by atoms with van der Waals surface area (Å²) in [5.74, 6) is 0.422. The van der Waals surface area contributed by atoms with Crippen molar-refractivity contribution in [3.05, 3.63) is 46.7 Å². The van der Waals surface area contributed by atoms with E-state index in [9.17, 15) is 4.79 Å². The molecule has 0 saturated heterocycles. The molecule has 1 aromatic heterocycles. The number of nitrogens with one attached hydrogen (secondary N) is 1. The third-order valence-corrected chi connectivity index (χ3v) is 3.01. The highest BCUT2D eigenvalue weighted by atomic mass is 35.5. The molecular formula is C14H14ClN3O2. The molecule has 0 saturated carbocycles. The van der Waals surface area contributed by atoms with Crippen LogP contribution in [-0.2, 0) is 0 Å². The van der Waals surface area contributed by atoms with Gasteiger partial charge in [0.2, 0.25) is 0 Å². The molecular weight excluding hydrogens is 278 g/mol. The smallest absolute Gasteiger partial charge is 0.257 e. The summed E-state index contributed by atoms with van der Waals surface area (Å²) in [7, 11) is 1.60. The quantitative estimate of drug-likeness (QED) is 0.853. The Morgan fingerprint density at radius 1 is 1.40 bits per heavy atom. The van der Waals surface area contributed by atoms with E-state index in [-0.39, 0.29) is 16.7 Å². The molecule has 104 valence electrons. The van der Waals surface area contributed by atoms with Crippen LogP contribution in [-0.4, -0.2) is 18.0 Å². The minimum Gasteiger partial charge on any atom is -0.496 e. The number of carbonyl (C=O) groups is 1. The number of methoxy groups -OCH3 is 1. The van der Waals surface area contributed by atoms with E-state index in [2.05, 4.69) is 10.3 Å². The lowest BCUT2D eigenvalue weighted by Gasteiger charge is -2.10. The van der Waals surface area contributed by atoms with Crippen LogP contribution in [0.25, 0.3) is 0 Å². The van der Waals surface area contributed by atoms with Gasteiger partial charge in [-0.3, -0.25) is 4.79 Å². The van der Waals surface area contributed by atoms with Crippen LogP contribution in [0.5, 0.6) is 5.75 Å². The maximum Gasteiger partial charge on any atom is 0.257 e. The van der Waals surface area contributed by atoms with E-state index in [4.69, 9.17) is 22.1 Å². The Balaban J connectivity index is 2.23. The number of nitrogens with two attached hydrogens (primary N) is 1. The number of carbonyl (C=O) groups excluding carboxylic acids is 1. The number of nitrogens with zero attached hydrogens (tertiary/aromatic N) is 1. The van der Waals surface area contributed by atoms with Gasteiger partial charge in [0.05, 0.1) is 24.6 Å². The predicted octanol–water partition coefficient (Wildman–Crippen LogP) is 2.89. The third-order valence-electron chi connectivity index (χ3n) is 2.80. The highest BCUT2D eigenvalue weighted by Gasteiger charge is 2.12. The van der Waals surface area contributed by atoms with Crippen molar-refractivity contribution in [1.29, 1.82) is 0 Å². The summed E-state index contributed by atoms with van der Waals surface area (Å²) in [4.78, 5) is 16.0. The van der Waals surface area contributed by atoms with Crippen LogP contribution in [0.1, 0.15) is 15.9 Å². The van der Waals surface area contributed by atoms with Gasteiger partial charge in [-0.2, -0.15) is 0 Å². The van der Waals surface area contributed by atoms with E-state index in [1.165, 1.54) is 12.3 Å². The lowest BCUT2D eigenvalue weighted by molar-refractivity contribution is 0.102. The molecule has 3 N–H and O–H groups in total. The zero-order chi connectivity index (χ0) is 14.7. The van der Waals surface area contributed by atoms with Gasteiger partial charge in [0.25, 0.3) is 5.91 Å². The molecule has 0 aliphatic rings. The number of anilines is 2. The first kappa shape index (κ1) is 14.1. The summed E-state index contributed by atoms with van der Waals surface area (Å²) < 4.78 is 5.17. The summed E-state index contributed by atoms with van der Waals surface area (Å²) in [6.45, 7) is 1.89. The number of aryl methyl sites for hydroxylation is 1. The highest BCUT2D eigenvalue weighted by Crippen LogP contribution is 2.23. The number of aromatic nitrogens is 1. The number of rotatable bonds is 3. The molecule has 0 spiro atoms. The normalized spacial score (nSPS) is 10.2. The molecule has 2 rings (SSSR count). The molecule has 0 bridgehead atoms. The molecule has 5 nitrogen and oxygen atoms in total. The first-order chi connectivity index (χ1) is 9.51. The second kappa shape index (κ2) is 5.79. The van der Waals surface area contributed by atoms with Crippen molar-refractivity contribution in [1.82, 2.24) is 4.98 Å². The summed E-state index contributed by atoms with van der Waals surface area (Å²) in [5.41, 5.74) is 7.86. The Morgan fingerprint density at radius 3 is 2.80 bits per heavy atom. The molecule has 0 aliphatic carbocycles. The zero-order valence-corrected chi connectivity index (χ0v) is 11.9. The molecule has 1 amide bonds. The van der Waals surface area contributed by atoms with E-state index in [1.54, 1.807) is 19.2 Å². The van der Waals surface area contributed by atoms with E-state index < -0.39 is 0 Å². The molecule has 1 heterocycles. The number of nitrogen functional groups attached to an aromatic ring is 1. The van der Waals surface area contributed by atoms with Gasteiger partial charge in [-0.05, 0) is 36.8 Å². The number of hydrogen-bond donors (Lipinski definition) is 2. The fourth-order valence-corrected chi connectivity index (χ4v) is 1.95. The number of amides is 1. The summed E-state index contributed by atoms with van der Waals surface area (Å²) >= 11 is 5.77. The molecule has 0 unspecified atom stereocenters. The fraction of sp³-hybridized carbons (Fsp3) is 0.143. The Labute approximate surface area is 121 Å². The van der Waals surface area contributed by atoms with Gasteiger partial charge in [-0.15, -0.1) is 0 Å². The van der Waals surface area contributed by atoms with E-state index in [1.807, 2.05) is 13.0 Å². The van der Waals surface area contributed by atoms with Crippen molar-refractivity contribution in [2.45, 2.75) is 6.92 Å². The van der Waals surface area contributed by atoms with E-state index in [0.717, 1.165) is 11.3 Å². The van der Waals surface area contributed by atoms with Crippen LogP contribution >= 0.6 is 11.6 Å². The molecule has 0 fully saturated rings. The van der Waals surface area contributed by atoms with Crippen LogP contribution in [0, 0.1) is 6.92 Å². The van der Waals surface area contributed by atoms with Crippen LogP contribution < -0.4 is 15.8 Å². The minimum absolute atomic E-state index is 0.218. The molecule has 1 aromatic carbocycles. The van der Waals surface area contributed by atoms with Gasteiger partial charge < -0.3 is 15.8 Å². The van der Waals surface area contributed by atoms with Crippen LogP contribution in [0.3, 0.4) is 0 Å². The molecule has 0 atom stereocenters. The zero-order valence-electron chi connectivity index (χ0n) is 11.1. The third kappa shape index (κ3) is 3.00. The first-order valence-corrected chi connectivity index (χ1v) is 6.26. The van der Waals surface area contributed by atoms with Crippen LogP contribution in [0.15, 0.2) is 30.5 Å². The monoisotopic (exact) mass is 291 g/mol. The van der Waals surface area contributed by atoms with Gasteiger partial charge in [0.1, 0.15) is 10.9 Å². The van der Waals surface area contributed by atoms with Crippen LogP contribution in [0.4, 0.5) is 11.4 Å². The maximum absolute atomic E-state index is 12.1. The average Bonchev–Trinajstić information content (AvgIpc) is 2.41. The van der Waals surface area contributed by atoms with Crippen molar-refractivity contribution in [2.75, 3.05) is 18.2 Å². The van der Waals surface area contributed by atoms with Crippen molar-refractivity contribution in [3.63, 3.8) is 0 Å². The molecule has 0 radical (unpaired) electrons. The molecule has 0 aliphatic heterocycles. The molecule has 20 heavy (non-hydrogen) atoms. The highest BCUT2D eigenvalue weighted by molar-refractivity contribution is 6.30. The first-order valence-electron chi connectivity index (χ1n) is 5.88. The van der Waals surface area contributed by atoms with Gasteiger partial charge in [-0.1, -0.05) is 11.6 Å². The lowest BCUT2D eigenvalue weighted by atomic mass is 10.1. The van der Waals surface area contributed by atoms with Gasteiger partial charge >= 0.3 is 0 Å². The van der Waals surface area contributed by atoms with E-state index >= 15 is 0 Å². The largest absolute Gasteiger partial charge is 0.496 e. The standard InChI is InChI=1S/C14H14ClN3O2/c1-8-5-9(3-4-12(8)20-2)18-14(19)10-6-13(15)17-7-11(10)16/h3-7H,16H2,1-2H3,(H,18,19). The average molecular weight is 292 g/mol. The minimum atomic E-state index is -0.337. The number of pyridine rings is 1.